The van der Waals surface area contributed by atoms with E-state index >= 15 is 0 Å². The van der Waals surface area contributed by atoms with Gasteiger partial charge in [-0.15, -0.1) is 0 Å². The fraction of sp³-hybridized carbons (Fsp3) is 0.240. The van der Waals surface area contributed by atoms with Crippen LogP contribution in [0.2, 0.25) is 0 Å². The number of nitro groups is 1. The Kier molecular flexibility index (Phi) is 8.42. The molecule has 0 radical (unpaired) electrons. The molecule has 0 amide bonds. The number of cyclic esters (lactones) is 1. The lowest BCUT2D eigenvalue weighted by Crippen LogP contribution is -2.16. The summed E-state index contributed by atoms with van der Waals surface area (Å²) < 4.78 is 5.46. The van der Waals surface area contributed by atoms with Gasteiger partial charge in [0.05, 0.1) is 17.2 Å². The summed E-state index contributed by atoms with van der Waals surface area (Å²) in [6.07, 6.45) is 10.9. The number of hydroxylamine groups is 1. The largest absolute Gasteiger partial charge is 0.508 e. The number of nitrogens with zero attached hydrogens (tertiary/aromatic N) is 1. The van der Waals surface area contributed by atoms with Crippen LogP contribution in [0.3, 0.4) is 0 Å². The van der Waals surface area contributed by atoms with Crippen molar-refractivity contribution in [3.8, 4) is 11.5 Å². The molecule has 9 heteroatoms. The van der Waals surface area contributed by atoms with E-state index in [0.29, 0.717) is 17.7 Å². The summed E-state index contributed by atoms with van der Waals surface area (Å²) in [4.78, 5) is 28.6. The fourth-order valence-electron chi connectivity index (χ4n) is 3.26. The van der Waals surface area contributed by atoms with Crippen molar-refractivity contribution in [2.75, 3.05) is 0 Å². The van der Waals surface area contributed by atoms with Crippen LogP contribution in [0.5, 0.6) is 11.5 Å². The Morgan fingerprint density at radius 2 is 1.88 bits per heavy atom. The second-order valence-electron chi connectivity index (χ2n) is 7.75. The predicted molar refractivity (Wildman–Crippen MR) is 126 cm³/mol. The van der Waals surface area contributed by atoms with Crippen LogP contribution in [0, 0.1) is 10.1 Å². The summed E-state index contributed by atoms with van der Waals surface area (Å²) in [6.45, 7) is 1.88. The molecule has 2 aromatic carbocycles. The zero-order valence-corrected chi connectivity index (χ0v) is 18.6. The summed E-state index contributed by atoms with van der Waals surface area (Å²) in [6, 6.07) is 8.38. The second-order valence-corrected chi connectivity index (χ2v) is 7.75. The Labute approximate surface area is 196 Å². The third kappa shape index (κ3) is 6.94. The predicted octanol–water partition coefficient (Wildman–Crippen LogP) is 4.91. The van der Waals surface area contributed by atoms with Crippen molar-refractivity contribution < 1.29 is 29.5 Å². The van der Waals surface area contributed by atoms with Gasteiger partial charge in [-0.2, -0.15) is 0 Å². The van der Waals surface area contributed by atoms with E-state index in [1.165, 1.54) is 18.2 Å². The van der Waals surface area contributed by atoms with Crippen LogP contribution in [-0.2, 0) is 16.2 Å². The molecule has 1 atom stereocenters. The molecule has 0 saturated heterocycles. The number of rotatable bonds is 5. The van der Waals surface area contributed by atoms with Crippen molar-refractivity contribution in [2.45, 2.75) is 38.9 Å². The quantitative estimate of drug-likeness (QED) is 0.245. The number of hydrogen-bond acceptors (Lipinski definition) is 8. The highest BCUT2D eigenvalue weighted by molar-refractivity contribution is 5.97. The molecule has 1 aliphatic rings. The second kappa shape index (κ2) is 11.7. The van der Waals surface area contributed by atoms with E-state index in [4.69, 9.17) is 9.57 Å². The van der Waals surface area contributed by atoms with E-state index in [9.17, 15) is 25.1 Å². The van der Waals surface area contributed by atoms with Crippen LogP contribution in [0.4, 0.5) is 5.69 Å². The number of nitrogens with one attached hydrogen (secondary N) is 1. The Balaban J connectivity index is 1.86. The van der Waals surface area contributed by atoms with Crippen molar-refractivity contribution in [1.82, 2.24) is 5.48 Å². The Morgan fingerprint density at radius 1 is 1.15 bits per heavy atom. The maximum atomic E-state index is 12.8. The summed E-state index contributed by atoms with van der Waals surface area (Å²) >= 11 is 0. The number of benzene rings is 2. The molecule has 0 saturated carbocycles. The first-order chi connectivity index (χ1) is 16.3. The molecule has 0 fully saturated rings. The molecule has 0 spiro atoms. The van der Waals surface area contributed by atoms with Gasteiger partial charge >= 0.3 is 5.97 Å². The van der Waals surface area contributed by atoms with Gasteiger partial charge in [0.25, 0.3) is 5.69 Å². The van der Waals surface area contributed by atoms with Gasteiger partial charge in [0.2, 0.25) is 0 Å². The molecule has 3 rings (SSSR count). The number of fused-ring (bicyclic) bond motifs is 1. The minimum absolute atomic E-state index is 0.0140. The van der Waals surface area contributed by atoms with Gasteiger partial charge in [0, 0.05) is 24.6 Å². The zero-order valence-electron chi connectivity index (χ0n) is 18.6. The minimum atomic E-state index is -0.711. The van der Waals surface area contributed by atoms with Crippen molar-refractivity contribution >= 4 is 17.7 Å². The summed E-state index contributed by atoms with van der Waals surface area (Å²) in [7, 11) is 0. The van der Waals surface area contributed by atoms with Crippen LogP contribution in [0.25, 0.3) is 6.08 Å². The average Bonchev–Trinajstić information content (AvgIpc) is 2.77. The lowest BCUT2D eigenvalue weighted by atomic mass is 10.0. The highest BCUT2D eigenvalue weighted by Crippen LogP contribution is 2.30. The van der Waals surface area contributed by atoms with Gasteiger partial charge in [-0.05, 0) is 61.2 Å². The molecule has 2 aromatic rings. The third-order valence-corrected chi connectivity index (χ3v) is 4.96. The van der Waals surface area contributed by atoms with Gasteiger partial charge in [-0.25, -0.2) is 4.79 Å². The first-order valence-electron chi connectivity index (χ1n) is 10.7. The van der Waals surface area contributed by atoms with E-state index in [-0.39, 0.29) is 29.2 Å². The normalized spacial score (nSPS) is 18.2. The van der Waals surface area contributed by atoms with Gasteiger partial charge < -0.3 is 14.9 Å². The number of esters is 1. The molecule has 34 heavy (non-hydrogen) atoms. The molecular formula is C25H26N2O7. The standard InChI is InChI=1S/C25H26N2O7/c1-17-7-5-3-2-4-6-8-20(26-33-16-18-9-11-21(12-10-18)27(31)32)13-19-14-22(28)15-23(29)24(19)25(30)34-17/h3,5-6,8-15,17,26,28-29H,2,4,7,16H2,1H3/b5-3?,8-6?,20-13-. The third-order valence-electron chi connectivity index (χ3n) is 4.96. The molecule has 1 aliphatic heterocycles. The number of aromatic hydroxyl groups is 2. The summed E-state index contributed by atoms with van der Waals surface area (Å²) in [5, 5.41) is 31.1. The number of ether oxygens (including phenoxy) is 1. The van der Waals surface area contributed by atoms with Crippen LogP contribution < -0.4 is 5.48 Å². The number of hydrogen-bond donors (Lipinski definition) is 3. The number of phenolic OH excluding ortho intramolecular Hbond substituents is 2. The van der Waals surface area contributed by atoms with Gasteiger partial charge in [-0.1, -0.05) is 18.2 Å². The lowest BCUT2D eigenvalue weighted by molar-refractivity contribution is -0.384. The first kappa shape index (κ1) is 24.5. The van der Waals surface area contributed by atoms with Crippen molar-refractivity contribution in [3.63, 3.8) is 0 Å². The molecule has 0 bridgehead atoms. The number of carbonyl (C=O) groups excluding carboxylic acids is 1. The van der Waals surface area contributed by atoms with E-state index in [0.717, 1.165) is 18.9 Å². The molecule has 0 aromatic heterocycles. The Hall–Kier alpha value is -4.11. The van der Waals surface area contributed by atoms with Crippen molar-refractivity contribution in [2.24, 2.45) is 0 Å². The van der Waals surface area contributed by atoms with Gasteiger partial charge in [0.1, 0.15) is 23.2 Å². The van der Waals surface area contributed by atoms with Crippen LogP contribution in [0.15, 0.2) is 66.4 Å². The maximum Gasteiger partial charge on any atom is 0.342 e. The van der Waals surface area contributed by atoms with E-state index in [1.54, 1.807) is 31.2 Å². The number of nitro benzene ring substituents is 1. The first-order valence-corrected chi connectivity index (χ1v) is 10.7. The smallest absolute Gasteiger partial charge is 0.342 e. The molecule has 1 unspecified atom stereocenters. The topological polar surface area (TPSA) is 131 Å². The SMILES string of the molecule is CC1CC=CCCC=C/C(NOCc2ccc([N+](=O)[O-])cc2)=C/c2cc(O)cc(O)c2C(=O)O1. The van der Waals surface area contributed by atoms with Crippen LogP contribution >= 0.6 is 0 Å². The number of allylic oxidation sites excluding steroid dienone is 3. The molecular weight excluding hydrogens is 440 g/mol. The fourth-order valence-corrected chi connectivity index (χ4v) is 3.26. The zero-order chi connectivity index (χ0) is 24.5. The van der Waals surface area contributed by atoms with Gasteiger partial charge in [-0.3, -0.25) is 20.4 Å². The highest BCUT2D eigenvalue weighted by Gasteiger charge is 2.21. The monoisotopic (exact) mass is 466 g/mol. The molecule has 1 heterocycles. The Morgan fingerprint density at radius 3 is 2.62 bits per heavy atom. The van der Waals surface area contributed by atoms with Crippen LogP contribution in [0.1, 0.15) is 47.7 Å². The molecule has 178 valence electrons. The average molecular weight is 466 g/mol. The van der Waals surface area contributed by atoms with Crippen molar-refractivity contribution in [1.29, 1.82) is 0 Å². The number of carbonyl (C=O) groups is 1. The minimum Gasteiger partial charge on any atom is -0.508 e. The summed E-state index contributed by atoms with van der Waals surface area (Å²) in [5.41, 5.74) is 4.12. The maximum absolute atomic E-state index is 12.8. The lowest BCUT2D eigenvalue weighted by Gasteiger charge is -2.15. The van der Waals surface area contributed by atoms with E-state index in [1.807, 2.05) is 18.2 Å². The van der Waals surface area contributed by atoms with E-state index < -0.39 is 22.7 Å². The highest BCUT2D eigenvalue weighted by atomic mass is 16.6. The van der Waals surface area contributed by atoms with Gasteiger partial charge in [0.15, 0.2) is 0 Å². The molecule has 9 nitrogen and oxygen atoms in total. The molecule has 3 N–H and O–H groups in total. The molecule has 0 aliphatic carbocycles. The summed E-state index contributed by atoms with van der Waals surface area (Å²) in [5.74, 6) is -1.33. The van der Waals surface area contributed by atoms with Crippen LogP contribution in [-0.4, -0.2) is 27.2 Å². The Bertz CT molecular complexity index is 1120. The number of phenols is 2. The van der Waals surface area contributed by atoms with Crippen molar-refractivity contribution in [3.05, 3.63) is 93.2 Å². The number of non-ortho nitro benzene ring substituents is 1. The van der Waals surface area contributed by atoms with E-state index in [2.05, 4.69) is 5.48 Å².